The molecule has 1 aromatic heterocycles. The summed E-state index contributed by atoms with van der Waals surface area (Å²) in [7, 11) is 1.33. The summed E-state index contributed by atoms with van der Waals surface area (Å²) < 4.78 is 24.0. The number of methoxy groups -OCH3 is 1. The van der Waals surface area contributed by atoms with Crippen LogP contribution in [0.25, 0.3) is 0 Å². The van der Waals surface area contributed by atoms with Crippen LogP contribution in [0.5, 0.6) is 5.75 Å². The van der Waals surface area contributed by atoms with Crippen LogP contribution in [0, 0.1) is 22.9 Å². The van der Waals surface area contributed by atoms with Gasteiger partial charge in [-0.3, -0.25) is 10.1 Å². The second kappa shape index (κ2) is 6.42. The third-order valence-corrected chi connectivity index (χ3v) is 4.10. The van der Waals surface area contributed by atoms with Crippen molar-refractivity contribution in [1.29, 1.82) is 0 Å². The minimum absolute atomic E-state index is 0.0180. The maximum Gasteiger partial charge on any atom is 0.295 e. The van der Waals surface area contributed by atoms with Crippen LogP contribution < -0.4 is 9.64 Å². The molecule has 24 heavy (non-hydrogen) atoms. The van der Waals surface area contributed by atoms with Crippen molar-refractivity contribution in [3.05, 3.63) is 39.8 Å². The summed E-state index contributed by atoms with van der Waals surface area (Å²) in [5, 5.41) is 15.1. The number of nitrogens with zero attached hydrogens (tertiary/aromatic N) is 4. The molecule has 1 aliphatic heterocycles. The molecule has 3 rings (SSSR count). The van der Waals surface area contributed by atoms with Gasteiger partial charge in [-0.25, -0.2) is 4.39 Å². The normalized spacial score (nSPS) is 17.8. The molecule has 1 atom stereocenters. The predicted molar refractivity (Wildman–Crippen MR) is 82.8 cm³/mol. The van der Waals surface area contributed by atoms with Gasteiger partial charge in [0.05, 0.1) is 24.0 Å². The van der Waals surface area contributed by atoms with E-state index in [1.54, 1.807) is 6.92 Å². The molecule has 128 valence electrons. The topological polar surface area (TPSA) is 94.5 Å². The second-order valence-electron chi connectivity index (χ2n) is 5.70. The zero-order valence-corrected chi connectivity index (χ0v) is 13.4. The van der Waals surface area contributed by atoms with E-state index in [9.17, 15) is 14.5 Å². The lowest BCUT2D eigenvalue weighted by Gasteiger charge is -2.32. The Morgan fingerprint density at radius 2 is 2.29 bits per heavy atom. The van der Waals surface area contributed by atoms with Gasteiger partial charge >= 0.3 is 0 Å². The molecule has 0 unspecified atom stereocenters. The van der Waals surface area contributed by atoms with E-state index in [0.29, 0.717) is 30.5 Å². The fourth-order valence-electron chi connectivity index (χ4n) is 2.96. The molecule has 0 bridgehead atoms. The van der Waals surface area contributed by atoms with Gasteiger partial charge in [0.2, 0.25) is 5.89 Å². The van der Waals surface area contributed by atoms with Crippen LogP contribution >= 0.6 is 0 Å². The maximum atomic E-state index is 13.8. The van der Waals surface area contributed by atoms with E-state index in [1.807, 2.05) is 4.90 Å². The molecule has 1 fully saturated rings. The molecular formula is C15H17FN4O4. The number of hydrogen-bond donors (Lipinski definition) is 0. The summed E-state index contributed by atoms with van der Waals surface area (Å²) in [6.45, 7) is 2.85. The number of piperidine rings is 1. The van der Waals surface area contributed by atoms with Crippen molar-refractivity contribution in [3.8, 4) is 5.75 Å². The second-order valence-corrected chi connectivity index (χ2v) is 5.70. The van der Waals surface area contributed by atoms with E-state index in [1.165, 1.54) is 13.2 Å². The molecule has 9 heteroatoms. The molecule has 0 radical (unpaired) electrons. The van der Waals surface area contributed by atoms with Crippen LogP contribution in [0.15, 0.2) is 16.7 Å². The first kappa shape index (κ1) is 16.2. The number of aryl methyl sites for hydroxylation is 1. The molecular weight excluding hydrogens is 319 g/mol. The molecule has 2 aromatic rings. The summed E-state index contributed by atoms with van der Waals surface area (Å²) in [6.07, 6.45) is 1.66. The summed E-state index contributed by atoms with van der Waals surface area (Å²) >= 11 is 0. The number of benzene rings is 1. The minimum atomic E-state index is -0.756. The van der Waals surface area contributed by atoms with Gasteiger partial charge < -0.3 is 14.2 Å². The number of ether oxygens (including phenoxy) is 1. The van der Waals surface area contributed by atoms with Crippen molar-refractivity contribution < 1.29 is 18.6 Å². The first-order valence-electron chi connectivity index (χ1n) is 7.56. The standard InChI is InChI=1S/C15H17FN4O4/c1-9-17-15(24-18-9)10-4-3-5-19(8-10)12-7-14(23-2)11(16)6-13(12)20(21)22/h6-7,10H,3-5,8H2,1-2H3/t10-/m1/s1. The predicted octanol–water partition coefficient (Wildman–Crippen LogP) is 2.82. The van der Waals surface area contributed by atoms with Crippen LogP contribution in [0.3, 0.4) is 0 Å². The highest BCUT2D eigenvalue weighted by atomic mass is 19.1. The van der Waals surface area contributed by atoms with Gasteiger partial charge in [-0.1, -0.05) is 5.16 Å². The Bertz CT molecular complexity index is 764. The summed E-state index contributed by atoms with van der Waals surface area (Å²) in [6, 6.07) is 2.27. The van der Waals surface area contributed by atoms with E-state index in [0.717, 1.165) is 18.9 Å². The van der Waals surface area contributed by atoms with Crippen LogP contribution in [-0.2, 0) is 0 Å². The molecule has 8 nitrogen and oxygen atoms in total. The highest BCUT2D eigenvalue weighted by Gasteiger charge is 2.30. The number of aromatic nitrogens is 2. The van der Waals surface area contributed by atoms with E-state index >= 15 is 0 Å². The number of nitro groups is 1. The highest BCUT2D eigenvalue weighted by Crippen LogP contribution is 2.38. The van der Waals surface area contributed by atoms with Gasteiger partial charge in [0, 0.05) is 19.2 Å². The molecule has 0 aliphatic carbocycles. The average Bonchev–Trinajstić information content (AvgIpc) is 3.01. The van der Waals surface area contributed by atoms with Crippen LogP contribution in [0.4, 0.5) is 15.8 Å². The van der Waals surface area contributed by atoms with Crippen LogP contribution in [0.1, 0.15) is 30.5 Å². The Balaban J connectivity index is 1.94. The summed E-state index contributed by atoms with van der Waals surface area (Å²) in [5.41, 5.74) is 0.0508. The molecule has 1 aliphatic rings. The van der Waals surface area contributed by atoms with Gasteiger partial charge in [-0.05, 0) is 19.8 Å². The molecule has 0 N–H and O–H groups in total. The van der Waals surface area contributed by atoms with E-state index in [4.69, 9.17) is 9.26 Å². The zero-order valence-electron chi connectivity index (χ0n) is 13.4. The van der Waals surface area contributed by atoms with Crippen molar-refractivity contribution in [2.75, 3.05) is 25.1 Å². The third kappa shape index (κ3) is 3.01. The fourth-order valence-corrected chi connectivity index (χ4v) is 2.96. The van der Waals surface area contributed by atoms with Crippen LogP contribution in [-0.4, -0.2) is 35.3 Å². The number of anilines is 1. The Morgan fingerprint density at radius 3 is 2.92 bits per heavy atom. The number of rotatable bonds is 4. The van der Waals surface area contributed by atoms with Gasteiger partial charge in [0.15, 0.2) is 17.4 Å². The number of hydrogen-bond acceptors (Lipinski definition) is 7. The number of halogens is 1. The smallest absolute Gasteiger partial charge is 0.295 e. The molecule has 0 saturated carbocycles. The van der Waals surface area contributed by atoms with Gasteiger partial charge in [-0.2, -0.15) is 4.98 Å². The van der Waals surface area contributed by atoms with E-state index in [2.05, 4.69) is 10.1 Å². The Morgan fingerprint density at radius 1 is 1.50 bits per heavy atom. The first-order chi connectivity index (χ1) is 11.5. The highest BCUT2D eigenvalue weighted by molar-refractivity contribution is 5.66. The largest absolute Gasteiger partial charge is 0.494 e. The Hall–Kier alpha value is -2.71. The lowest BCUT2D eigenvalue weighted by molar-refractivity contribution is -0.384. The molecule has 2 heterocycles. The first-order valence-corrected chi connectivity index (χ1v) is 7.56. The maximum absolute atomic E-state index is 13.8. The summed E-state index contributed by atoms with van der Waals surface area (Å²) in [4.78, 5) is 16.8. The molecule has 1 aromatic carbocycles. The monoisotopic (exact) mass is 336 g/mol. The van der Waals surface area contributed by atoms with Gasteiger partial charge in [0.25, 0.3) is 5.69 Å². The van der Waals surface area contributed by atoms with Crippen LogP contribution in [0.2, 0.25) is 0 Å². The minimum Gasteiger partial charge on any atom is -0.494 e. The summed E-state index contributed by atoms with van der Waals surface area (Å²) in [5.74, 6) is 0.279. The number of nitro benzene ring substituents is 1. The quantitative estimate of drug-likeness (QED) is 0.626. The van der Waals surface area contributed by atoms with E-state index < -0.39 is 10.7 Å². The van der Waals surface area contributed by atoms with Crippen molar-refractivity contribution in [3.63, 3.8) is 0 Å². The van der Waals surface area contributed by atoms with Gasteiger partial charge in [-0.15, -0.1) is 0 Å². The third-order valence-electron chi connectivity index (χ3n) is 4.10. The molecule has 0 spiro atoms. The van der Waals surface area contributed by atoms with Gasteiger partial charge in [0.1, 0.15) is 5.69 Å². The Labute approximate surface area is 137 Å². The average molecular weight is 336 g/mol. The van der Waals surface area contributed by atoms with Crippen molar-refractivity contribution in [1.82, 2.24) is 10.1 Å². The lowest BCUT2D eigenvalue weighted by Crippen LogP contribution is -2.35. The molecule has 1 saturated heterocycles. The SMILES string of the molecule is COc1cc(N2CCC[C@@H](c3nc(C)no3)C2)c([N+](=O)[O-])cc1F. The van der Waals surface area contributed by atoms with Crippen molar-refractivity contribution in [2.24, 2.45) is 0 Å². The van der Waals surface area contributed by atoms with E-state index in [-0.39, 0.29) is 17.4 Å². The van der Waals surface area contributed by atoms with Crippen molar-refractivity contribution in [2.45, 2.75) is 25.7 Å². The zero-order chi connectivity index (χ0) is 17.3. The van der Waals surface area contributed by atoms with Crippen molar-refractivity contribution >= 4 is 11.4 Å². The Kier molecular flexibility index (Phi) is 4.32. The lowest BCUT2D eigenvalue weighted by atomic mass is 9.97. The fraction of sp³-hybridized carbons (Fsp3) is 0.467. The molecule has 0 amide bonds.